The van der Waals surface area contributed by atoms with Crippen molar-refractivity contribution in [2.45, 2.75) is 13.5 Å². The molecule has 0 spiro atoms. The number of hydrogen-bond acceptors (Lipinski definition) is 3. The molecule has 5 heteroatoms. The van der Waals surface area contributed by atoms with Crippen molar-refractivity contribution in [3.05, 3.63) is 89.9 Å². The maximum absolute atomic E-state index is 13.2. The summed E-state index contributed by atoms with van der Waals surface area (Å²) in [7, 11) is 0. The van der Waals surface area contributed by atoms with Crippen LogP contribution in [0.4, 0.5) is 10.2 Å². The van der Waals surface area contributed by atoms with E-state index in [1.165, 1.54) is 12.1 Å². The van der Waals surface area contributed by atoms with E-state index in [1.54, 1.807) is 53.6 Å². The van der Waals surface area contributed by atoms with Crippen LogP contribution in [0.1, 0.15) is 22.8 Å². The number of benzene rings is 2. The number of anilines is 1. The van der Waals surface area contributed by atoms with Crippen molar-refractivity contribution >= 4 is 11.7 Å². The summed E-state index contributed by atoms with van der Waals surface area (Å²) in [4.78, 5) is 19.1. The highest BCUT2D eigenvalue weighted by Gasteiger charge is 2.22. The molecule has 0 saturated heterocycles. The number of amides is 1. The lowest BCUT2D eigenvalue weighted by Gasteiger charge is -2.23. The third-order valence-electron chi connectivity index (χ3n) is 3.84. The molecule has 0 aliphatic carbocycles. The second-order valence-corrected chi connectivity index (χ2v) is 5.63. The number of halogens is 1. The first-order valence-corrected chi connectivity index (χ1v) is 8.38. The molecule has 26 heavy (non-hydrogen) atoms. The van der Waals surface area contributed by atoms with Gasteiger partial charge in [-0.1, -0.05) is 30.3 Å². The smallest absolute Gasteiger partial charge is 0.263 e. The fourth-order valence-corrected chi connectivity index (χ4v) is 2.61. The number of aromatic nitrogens is 1. The summed E-state index contributed by atoms with van der Waals surface area (Å²) >= 11 is 0. The minimum absolute atomic E-state index is 0.225. The van der Waals surface area contributed by atoms with Crippen LogP contribution in [0.5, 0.6) is 5.75 Å². The normalized spacial score (nSPS) is 10.4. The summed E-state index contributed by atoms with van der Waals surface area (Å²) in [5.41, 5.74) is 1.27. The second kappa shape index (κ2) is 8.25. The third kappa shape index (κ3) is 4.06. The molecule has 0 bridgehead atoms. The predicted molar refractivity (Wildman–Crippen MR) is 98.8 cm³/mol. The second-order valence-electron chi connectivity index (χ2n) is 5.63. The number of hydrogen-bond donors (Lipinski definition) is 0. The molecule has 0 atom stereocenters. The molecule has 0 aliphatic rings. The highest BCUT2D eigenvalue weighted by Crippen LogP contribution is 2.24. The Kier molecular flexibility index (Phi) is 5.59. The van der Waals surface area contributed by atoms with E-state index in [0.717, 1.165) is 5.56 Å². The Labute approximate surface area is 151 Å². The van der Waals surface area contributed by atoms with Gasteiger partial charge in [0.05, 0.1) is 18.7 Å². The maximum Gasteiger partial charge on any atom is 0.263 e. The molecule has 0 N–H and O–H groups in total. The summed E-state index contributed by atoms with van der Waals surface area (Å²) in [6.45, 7) is 2.61. The first-order valence-electron chi connectivity index (χ1n) is 8.38. The summed E-state index contributed by atoms with van der Waals surface area (Å²) in [5, 5.41) is 0. The predicted octanol–water partition coefficient (Wildman–Crippen LogP) is 4.47. The van der Waals surface area contributed by atoms with Crippen LogP contribution in [0.25, 0.3) is 0 Å². The van der Waals surface area contributed by atoms with Crippen LogP contribution in [0.15, 0.2) is 72.9 Å². The number of pyridine rings is 1. The van der Waals surface area contributed by atoms with Gasteiger partial charge in [0.2, 0.25) is 0 Å². The van der Waals surface area contributed by atoms with Crippen molar-refractivity contribution in [3.63, 3.8) is 0 Å². The molecule has 132 valence electrons. The Hall–Kier alpha value is -3.21. The average Bonchev–Trinajstić information content (AvgIpc) is 2.68. The van der Waals surface area contributed by atoms with Gasteiger partial charge in [0.25, 0.3) is 5.91 Å². The van der Waals surface area contributed by atoms with Crippen molar-refractivity contribution < 1.29 is 13.9 Å². The van der Waals surface area contributed by atoms with Gasteiger partial charge in [-0.3, -0.25) is 9.69 Å². The Morgan fingerprint density at radius 3 is 2.46 bits per heavy atom. The lowest BCUT2D eigenvalue weighted by Crippen LogP contribution is -2.31. The highest BCUT2D eigenvalue weighted by atomic mass is 19.1. The number of carbonyl (C=O) groups excluding carboxylic acids is 1. The van der Waals surface area contributed by atoms with Gasteiger partial charge in [0, 0.05) is 6.20 Å². The average molecular weight is 350 g/mol. The van der Waals surface area contributed by atoms with Crippen LogP contribution >= 0.6 is 0 Å². The molecule has 1 aromatic heterocycles. The molecule has 3 aromatic rings. The minimum Gasteiger partial charge on any atom is -0.493 e. The molecule has 1 heterocycles. The van der Waals surface area contributed by atoms with Gasteiger partial charge in [-0.2, -0.15) is 0 Å². The largest absolute Gasteiger partial charge is 0.493 e. The van der Waals surface area contributed by atoms with E-state index >= 15 is 0 Å². The van der Waals surface area contributed by atoms with Crippen LogP contribution in [0.3, 0.4) is 0 Å². The standard InChI is InChI=1S/C21H19FN2O2/c1-2-26-19-8-4-3-7-18(19)21(25)24(20-9-5-6-14-23-20)15-16-10-12-17(22)13-11-16/h3-14H,2,15H2,1H3. The summed E-state index contributed by atoms with van der Waals surface area (Å²) in [6, 6.07) is 18.6. The highest BCUT2D eigenvalue weighted by molar-refractivity contribution is 6.07. The molecular weight excluding hydrogens is 331 g/mol. The Morgan fingerprint density at radius 1 is 1.04 bits per heavy atom. The van der Waals surface area contributed by atoms with Crippen LogP contribution in [-0.4, -0.2) is 17.5 Å². The molecular formula is C21H19FN2O2. The SMILES string of the molecule is CCOc1ccccc1C(=O)N(Cc1ccc(F)cc1)c1ccccn1. The minimum atomic E-state index is -0.314. The number of para-hydroxylation sites is 1. The zero-order valence-corrected chi connectivity index (χ0v) is 14.4. The first kappa shape index (κ1) is 17.6. The topological polar surface area (TPSA) is 42.4 Å². The van der Waals surface area contributed by atoms with E-state index < -0.39 is 0 Å². The Morgan fingerprint density at radius 2 is 1.77 bits per heavy atom. The van der Waals surface area contributed by atoms with Gasteiger partial charge in [-0.15, -0.1) is 0 Å². The van der Waals surface area contributed by atoms with Crippen molar-refractivity contribution in [2.75, 3.05) is 11.5 Å². The molecule has 3 rings (SSSR count). The zero-order valence-electron chi connectivity index (χ0n) is 14.4. The van der Waals surface area contributed by atoms with Crippen molar-refractivity contribution in [1.29, 1.82) is 0 Å². The van der Waals surface area contributed by atoms with E-state index in [0.29, 0.717) is 23.7 Å². The number of carbonyl (C=O) groups is 1. The maximum atomic E-state index is 13.2. The summed E-state index contributed by atoms with van der Waals surface area (Å²) < 4.78 is 18.8. The molecule has 1 amide bonds. The lowest BCUT2D eigenvalue weighted by molar-refractivity contribution is 0.0980. The van der Waals surface area contributed by atoms with Crippen LogP contribution in [-0.2, 0) is 6.54 Å². The third-order valence-corrected chi connectivity index (χ3v) is 3.84. The van der Waals surface area contributed by atoms with Gasteiger partial charge >= 0.3 is 0 Å². The van der Waals surface area contributed by atoms with Crippen molar-refractivity contribution in [2.24, 2.45) is 0 Å². The fraction of sp³-hybridized carbons (Fsp3) is 0.143. The molecule has 0 radical (unpaired) electrons. The lowest BCUT2D eigenvalue weighted by atomic mass is 10.1. The molecule has 0 fully saturated rings. The van der Waals surface area contributed by atoms with Crippen molar-refractivity contribution in [1.82, 2.24) is 4.98 Å². The van der Waals surface area contributed by atoms with E-state index in [4.69, 9.17) is 4.74 Å². The van der Waals surface area contributed by atoms with E-state index in [1.807, 2.05) is 19.1 Å². The van der Waals surface area contributed by atoms with E-state index in [9.17, 15) is 9.18 Å². The monoisotopic (exact) mass is 350 g/mol. The summed E-state index contributed by atoms with van der Waals surface area (Å²) in [6.07, 6.45) is 1.63. The van der Waals surface area contributed by atoms with Gasteiger partial charge in [0.1, 0.15) is 17.4 Å². The Bertz CT molecular complexity index is 867. The number of nitrogens with zero attached hydrogens (tertiary/aromatic N) is 2. The van der Waals surface area contributed by atoms with E-state index in [-0.39, 0.29) is 18.3 Å². The molecule has 4 nitrogen and oxygen atoms in total. The molecule has 2 aromatic carbocycles. The van der Waals surface area contributed by atoms with Crippen LogP contribution < -0.4 is 9.64 Å². The van der Waals surface area contributed by atoms with Gasteiger partial charge in [0.15, 0.2) is 0 Å². The fourth-order valence-electron chi connectivity index (χ4n) is 2.61. The quantitative estimate of drug-likeness (QED) is 0.659. The van der Waals surface area contributed by atoms with Crippen LogP contribution in [0.2, 0.25) is 0 Å². The molecule has 0 saturated carbocycles. The Balaban J connectivity index is 1.98. The van der Waals surface area contributed by atoms with E-state index in [2.05, 4.69) is 4.98 Å². The van der Waals surface area contributed by atoms with Crippen molar-refractivity contribution in [3.8, 4) is 5.75 Å². The molecule has 0 aliphatic heterocycles. The number of ether oxygens (including phenoxy) is 1. The van der Waals surface area contributed by atoms with Gasteiger partial charge in [-0.05, 0) is 48.9 Å². The van der Waals surface area contributed by atoms with Gasteiger partial charge < -0.3 is 4.74 Å². The zero-order chi connectivity index (χ0) is 18.4. The first-order chi connectivity index (χ1) is 12.7. The summed E-state index contributed by atoms with van der Waals surface area (Å²) in [5.74, 6) is 0.511. The number of rotatable bonds is 6. The van der Waals surface area contributed by atoms with Crippen LogP contribution in [0, 0.1) is 5.82 Å². The van der Waals surface area contributed by atoms with Gasteiger partial charge in [-0.25, -0.2) is 9.37 Å². The molecule has 0 unspecified atom stereocenters.